The predicted octanol–water partition coefficient (Wildman–Crippen LogP) is 1.21. The summed E-state index contributed by atoms with van der Waals surface area (Å²) >= 11 is 0. The van der Waals surface area contributed by atoms with E-state index in [0.29, 0.717) is 13.2 Å². The molecule has 0 aliphatic carbocycles. The van der Waals surface area contributed by atoms with Crippen LogP contribution in [0.25, 0.3) is 0 Å². The van der Waals surface area contributed by atoms with Crippen LogP contribution < -0.4 is 0 Å². The highest BCUT2D eigenvalue weighted by Gasteiger charge is 1.73. The number of aliphatic hydroxyl groups excluding tert-OH is 1. The number of rotatable bonds is 3. The van der Waals surface area contributed by atoms with Crippen LogP contribution in [0.3, 0.4) is 0 Å². The van der Waals surface area contributed by atoms with E-state index in [0.717, 1.165) is 0 Å². The SMILES string of the molecule is C=CC.CCOCCO. The minimum atomic E-state index is 0.133. The van der Waals surface area contributed by atoms with Gasteiger partial charge in [0.25, 0.3) is 0 Å². The Labute approximate surface area is 57.2 Å². The van der Waals surface area contributed by atoms with Gasteiger partial charge in [0.05, 0.1) is 13.2 Å². The molecule has 9 heavy (non-hydrogen) atoms. The minimum absolute atomic E-state index is 0.133. The fourth-order valence-electron chi connectivity index (χ4n) is 0.209. The van der Waals surface area contributed by atoms with Gasteiger partial charge in [0.15, 0.2) is 0 Å². The van der Waals surface area contributed by atoms with E-state index < -0.39 is 0 Å². The second kappa shape index (κ2) is 15.6. The summed E-state index contributed by atoms with van der Waals surface area (Å²) in [5.41, 5.74) is 0. The second-order valence-electron chi connectivity index (χ2n) is 1.33. The highest BCUT2D eigenvalue weighted by Crippen LogP contribution is 1.66. The number of hydrogen-bond donors (Lipinski definition) is 1. The zero-order valence-electron chi connectivity index (χ0n) is 6.26. The van der Waals surface area contributed by atoms with E-state index in [1.165, 1.54) is 0 Å². The Morgan fingerprint density at radius 3 is 2.22 bits per heavy atom. The number of aliphatic hydroxyl groups is 1. The van der Waals surface area contributed by atoms with Crippen LogP contribution in [0.1, 0.15) is 13.8 Å². The normalized spacial score (nSPS) is 7.44. The molecule has 0 amide bonds. The van der Waals surface area contributed by atoms with Gasteiger partial charge in [-0.05, 0) is 13.8 Å². The molecule has 0 spiro atoms. The molecule has 0 atom stereocenters. The molecule has 0 bridgehead atoms. The molecular weight excluding hydrogens is 116 g/mol. The summed E-state index contributed by atoms with van der Waals surface area (Å²) in [7, 11) is 0. The summed E-state index contributed by atoms with van der Waals surface area (Å²) in [6, 6.07) is 0. The van der Waals surface area contributed by atoms with E-state index in [9.17, 15) is 0 Å². The van der Waals surface area contributed by atoms with Gasteiger partial charge < -0.3 is 9.84 Å². The van der Waals surface area contributed by atoms with Crippen molar-refractivity contribution in [1.29, 1.82) is 0 Å². The van der Waals surface area contributed by atoms with Gasteiger partial charge in [-0.1, -0.05) is 6.08 Å². The molecule has 0 saturated heterocycles. The van der Waals surface area contributed by atoms with Gasteiger partial charge in [-0.2, -0.15) is 0 Å². The third kappa shape index (κ3) is 34.7. The monoisotopic (exact) mass is 132 g/mol. The lowest BCUT2D eigenvalue weighted by Gasteiger charge is -1.91. The largest absolute Gasteiger partial charge is 0.394 e. The fraction of sp³-hybridized carbons (Fsp3) is 0.714. The van der Waals surface area contributed by atoms with E-state index in [1.54, 1.807) is 6.08 Å². The van der Waals surface area contributed by atoms with Gasteiger partial charge in [-0.3, -0.25) is 0 Å². The average Bonchev–Trinajstić information content (AvgIpc) is 1.86. The van der Waals surface area contributed by atoms with Gasteiger partial charge in [0.2, 0.25) is 0 Å². The maximum Gasteiger partial charge on any atom is 0.0697 e. The topological polar surface area (TPSA) is 29.5 Å². The van der Waals surface area contributed by atoms with Gasteiger partial charge in [-0.25, -0.2) is 0 Å². The summed E-state index contributed by atoms with van der Waals surface area (Å²) in [4.78, 5) is 0. The van der Waals surface area contributed by atoms with E-state index in [4.69, 9.17) is 9.84 Å². The van der Waals surface area contributed by atoms with Crippen molar-refractivity contribution >= 4 is 0 Å². The van der Waals surface area contributed by atoms with Gasteiger partial charge in [0, 0.05) is 6.61 Å². The summed E-state index contributed by atoms with van der Waals surface area (Å²) in [6.45, 7) is 8.44. The predicted molar refractivity (Wildman–Crippen MR) is 39.4 cm³/mol. The molecular formula is C7H16O2. The Morgan fingerprint density at radius 2 is 2.11 bits per heavy atom. The third-order valence-corrected chi connectivity index (χ3v) is 0.440. The molecule has 0 aliphatic heterocycles. The first-order valence-corrected chi connectivity index (χ1v) is 3.09. The molecule has 0 radical (unpaired) electrons. The molecule has 0 saturated carbocycles. The van der Waals surface area contributed by atoms with Crippen molar-refractivity contribution in [2.45, 2.75) is 13.8 Å². The van der Waals surface area contributed by atoms with Crippen LogP contribution >= 0.6 is 0 Å². The van der Waals surface area contributed by atoms with Crippen LogP contribution in [0.15, 0.2) is 12.7 Å². The van der Waals surface area contributed by atoms with Crippen LogP contribution in [-0.2, 0) is 4.74 Å². The minimum Gasteiger partial charge on any atom is -0.394 e. The molecule has 2 nitrogen and oxygen atoms in total. The summed E-state index contributed by atoms with van der Waals surface area (Å²) < 4.78 is 4.73. The molecule has 0 aromatic heterocycles. The lowest BCUT2D eigenvalue weighted by Crippen LogP contribution is -1.96. The van der Waals surface area contributed by atoms with Crippen molar-refractivity contribution in [3.8, 4) is 0 Å². The van der Waals surface area contributed by atoms with E-state index >= 15 is 0 Å². The Morgan fingerprint density at radius 1 is 1.67 bits per heavy atom. The molecule has 0 aromatic carbocycles. The van der Waals surface area contributed by atoms with E-state index in [1.807, 2.05) is 13.8 Å². The van der Waals surface area contributed by atoms with Crippen molar-refractivity contribution in [1.82, 2.24) is 0 Å². The molecule has 0 fully saturated rings. The zero-order valence-corrected chi connectivity index (χ0v) is 6.26. The van der Waals surface area contributed by atoms with Crippen molar-refractivity contribution in [2.75, 3.05) is 19.8 Å². The maximum absolute atomic E-state index is 8.07. The Bertz CT molecular complexity index is 40.2. The number of allylic oxidation sites excluding steroid dienone is 1. The van der Waals surface area contributed by atoms with Crippen LogP contribution in [0.5, 0.6) is 0 Å². The van der Waals surface area contributed by atoms with Crippen molar-refractivity contribution in [2.24, 2.45) is 0 Å². The first-order chi connectivity index (χ1) is 4.33. The first kappa shape index (κ1) is 11.5. The standard InChI is InChI=1S/C4H10O2.C3H6/c1-2-6-4-3-5;1-3-2/h5H,2-4H2,1H3;3H,1H2,2H3. The molecule has 0 aliphatic rings. The van der Waals surface area contributed by atoms with Crippen LogP contribution in [0.4, 0.5) is 0 Å². The molecule has 0 heterocycles. The molecule has 0 rings (SSSR count). The smallest absolute Gasteiger partial charge is 0.0697 e. The molecule has 56 valence electrons. The molecule has 0 aromatic rings. The molecule has 1 N–H and O–H groups in total. The molecule has 2 heteroatoms. The van der Waals surface area contributed by atoms with Gasteiger partial charge in [-0.15, -0.1) is 6.58 Å². The van der Waals surface area contributed by atoms with Crippen molar-refractivity contribution in [3.63, 3.8) is 0 Å². The maximum atomic E-state index is 8.07. The lowest BCUT2D eigenvalue weighted by atomic mass is 10.8. The van der Waals surface area contributed by atoms with E-state index in [-0.39, 0.29) is 6.61 Å². The Balaban J connectivity index is 0. The molecule has 0 unspecified atom stereocenters. The summed E-state index contributed by atoms with van der Waals surface area (Å²) in [5.74, 6) is 0. The Hall–Kier alpha value is -0.340. The second-order valence-corrected chi connectivity index (χ2v) is 1.33. The lowest BCUT2D eigenvalue weighted by molar-refractivity contribution is 0.102. The number of ether oxygens (including phenoxy) is 1. The Kier molecular flexibility index (Phi) is 19.9. The quantitative estimate of drug-likeness (QED) is 0.462. The highest BCUT2D eigenvalue weighted by molar-refractivity contribution is 4.51. The van der Waals surface area contributed by atoms with Gasteiger partial charge >= 0.3 is 0 Å². The summed E-state index contributed by atoms with van der Waals surface area (Å²) in [5, 5.41) is 8.07. The number of hydrogen-bond acceptors (Lipinski definition) is 2. The zero-order chi connectivity index (χ0) is 7.54. The summed E-state index contributed by atoms with van der Waals surface area (Å²) in [6.07, 6.45) is 1.75. The fourth-order valence-corrected chi connectivity index (χ4v) is 0.209. The first-order valence-electron chi connectivity index (χ1n) is 3.09. The van der Waals surface area contributed by atoms with Crippen molar-refractivity contribution < 1.29 is 9.84 Å². The third-order valence-electron chi connectivity index (χ3n) is 0.440. The van der Waals surface area contributed by atoms with Gasteiger partial charge in [0.1, 0.15) is 0 Å². The van der Waals surface area contributed by atoms with Crippen LogP contribution in [-0.4, -0.2) is 24.9 Å². The van der Waals surface area contributed by atoms with E-state index in [2.05, 4.69) is 6.58 Å². The van der Waals surface area contributed by atoms with Crippen LogP contribution in [0, 0.1) is 0 Å². The highest BCUT2D eigenvalue weighted by atomic mass is 16.5. The van der Waals surface area contributed by atoms with Crippen LogP contribution in [0.2, 0.25) is 0 Å². The van der Waals surface area contributed by atoms with Crippen molar-refractivity contribution in [3.05, 3.63) is 12.7 Å². The average molecular weight is 132 g/mol.